The zero-order valence-electron chi connectivity index (χ0n) is 13.1. The molecule has 0 atom stereocenters. The zero-order valence-corrected chi connectivity index (χ0v) is 13.1. The van der Waals surface area contributed by atoms with Crippen molar-refractivity contribution in [2.45, 2.75) is 32.9 Å². The zero-order chi connectivity index (χ0) is 15.5. The second-order valence-electron chi connectivity index (χ2n) is 6.14. The Labute approximate surface area is 125 Å². The van der Waals surface area contributed by atoms with Gasteiger partial charge in [0.1, 0.15) is 5.60 Å². The molecule has 1 aromatic heterocycles. The molecule has 21 heavy (non-hydrogen) atoms. The average molecular weight is 293 g/mol. The second kappa shape index (κ2) is 6.30. The van der Waals surface area contributed by atoms with Crippen LogP contribution in [0.3, 0.4) is 0 Å². The van der Waals surface area contributed by atoms with Crippen LogP contribution in [-0.2, 0) is 11.3 Å². The number of hydrogen-bond acceptors (Lipinski definition) is 5. The van der Waals surface area contributed by atoms with Crippen LogP contribution in [0.4, 0.5) is 4.79 Å². The summed E-state index contributed by atoms with van der Waals surface area (Å²) < 4.78 is 10.5. The molecule has 2 rings (SSSR count). The molecular formula is C15H23N3O3. The third-order valence-corrected chi connectivity index (χ3v) is 3.12. The standard InChI is InChI=1S/C15H23N3O3/c1-15(2,3)21-14(19)18-8-7-17(11-18)10-12-5-6-16-13(9-12)20-4/h5-6,9H,7-8,10-11H2,1-4H3. The van der Waals surface area contributed by atoms with E-state index in [0.29, 0.717) is 19.1 Å². The first-order chi connectivity index (χ1) is 9.87. The van der Waals surface area contributed by atoms with Gasteiger partial charge in [-0.25, -0.2) is 9.78 Å². The number of methoxy groups -OCH3 is 1. The number of hydrogen-bond donors (Lipinski definition) is 0. The molecule has 0 unspecified atom stereocenters. The van der Waals surface area contributed by atoms with Gasteiger partial charge in [-0.2, -0.15) is 0 Å². The van der Waals surface area contributed by atoms with E-state index in [1.54, 1.807) is 18.2 Å². The first kappa shape index (κ1) is 15.6. The van der Waals surface area contributed by atoms with Gasteiger partial charge in [0, 0.05) is 31.9 Å². The van der Waals surface area contributed by atoms with Crippen molar-refractivity contribution < 1.29 is 14.3 Å². The number of nitrogens with zero attached hydrogens (tertiary/aromatic N) is 3. The highest BCUT2D eigenvalue weighted by atomic mass is 16.6. The highest BCUT2D eigenvalue weighted by molar-refractivity contribution is 5.68. The minimum absolute atomic E-state index is 0.252. The summed E-state index contributed by atoms with van der Waals surface area (Å²) in [6.07, 6.45) is 1.48. The van der Waals surface area contributed by atoms with Crippen LogP contribution in [0.1, 0.15) is 26.3 Å². The number of carbonyl (C=O) groups excluding carboxylic acids is 1. The molecule has 0 aliphatic carbocycles. The molecule has 0 saturated carbocycles. The van der Waals surface area contributed by atoms with Crippen LogP contribution < -0.4 is 4.74 Å². The summed E-state index contributed by atoms with van der Waals surface area (Å²) in [5.41, 5.74) is 0.663. The smallest absolute Gasteiger partial charge is 0.411 e. The number of amides is 1. The van der Waals surface area contributed by atoms with E-state index in [2.05, 4.69) is 9.88 Å². The molecule has 1 amide bonds. The van der Waals surface area contributed by atoms with Crippen LogP contribution in [0, 0.1) is 0 Å². The summed E-state index contributed by atoms with van der Waals surface area (Å²) in [4.78, 5) is 20.0. The number of rotatable bonds is 3. The molecule has 0 aromatic carbocycles. The molecule has 6 nitrogen and oxygen atoms in total. The maximum Gasteiger partial charge on any atom is 0.411 e. The maximum absolute atomic E-state index is 12.0. The van der Waals surface area contributed by atoms with Gasteiger partial charge in [-0.15, -0.1) is 0 Å². The highest BCUT2D eigenvalue weighted by Gasteiger charge is 2.28. The fourth-order valence-corrected chi connectivity index (χ4v) is 2.17. The Balaban J connectivity index is 1.89. The highest BCUT2D eigenvalue weighted by Crippen LogP contribution is 2.16. The minimum atomic E-state index is -0.455. The summed E-state index contributed by atoms with van der Waals surface area (Å²) in [6.45, 7) is 8.50. The Hall–Kier alpha value is -1.82. The molecule has 0 spiro atoms. The SMILES string of the molecule is COc1cc(CN2CCN(C(=O)OC(C)(C)C)C2)ccn1. The van der Waals surface area contributed by atoms with Gasteiger partial charge in [0.2, 0.25) is 5.88 Å². The lowest BCUT2D eigenvalue weighted by Crippen LogP contribution is -2.36. The second-order valence-corrected chi connectivity index (χ2v) is 6.14. The lowest BCUT2D eigenvalue weighted by Gasteiger charge is -2.24. The lowest BCUT2D eigenvalue weighted by atomic mass is 10.2. The number of aromatic nitrogens is 1. The van der Waals surface area contributed by atoms with E-state index in [1.165, 1.54) is 0 Å². The summed E-state index contributed by atoms with van der Waals surface area (Å²) in [5, 5.41) is 0. The number of pyridine rings is 1. The molecule has 1 aliphatic heterocycles. The van der Waals surface area contributed by atoms with E-state index in [0.717, 1.165) is 18.7 Å². The number of carbonyl (C=O) groups is 1. The number of ether oxygens (including phenoxy) is 2. The van der Waals surface area contributed by atoms with E-state index in [9.17, 15) is 4.79 Å². The molecule has 6 heteroatoms. The van der Waals surface area contributed by atoms with Gasteiger partial charge in [0.15, 0.2) is 0 Å². The fourth-order valence-electron chi connectivity index (χ4n) is 2.17. The Morgan fingerprint density at radius 2 is 2.14 bits per heavy atom. The first-order valence-corrected chi connectivity index (χ1v) is 7.06. The Morgan fingerprint density at radius 1 is 1.38 bits per heavy atom. The molecule has 2 heterocycles. The lowest BCUT2D eigenvalue weighted by molar-refractivity contribution is 0.0263. The Morgan fingerprint density at radius 3 is 2.81 bits per heavy atom. The summed E-state index contributed by atoms with van der Waals surface area (Å²) in [7, 11) is 1.60. The van der Waals surface area contributed by atoms with Gasteiger partial charge in [-0.1, -0.05) is 0 Å². The summed E-state index contributed by atoms with van der Waals surface area (Å²) in [5.74, 6) is 0.607. The van der Waals surface area contributed by atoms with E-state index in [4.69, 9.17) is 9.47 Å². The largest absolute Gasteiger partial charge is 0.481 e. The van der Waals surface area contributed by atoms with E-state index in [1.807, 2.05) is 32.9 Å². The van der Waals surface area contributed by atoms with Crippen molar-refractivity contribution in [3.8, 4) is 5.88 Å². The van der Waals surface area contributed by atoms with Gasteiger partial charge in [-0.05, 0) is 32.4 Å². The summed E-state index contributed by atoms with van der Waals surface area (Å²) in [6, 6.07) is 3.87. The molecule has 0 N–H and O–H groups in total. The summed E-state index contributed by atoms with van der Waals surface area (Å²) >= 11 is 0. The monoisotopic (exact) mass is 293 g/mol. The Kier molecular flexibility index (Phi) is 4.67. The predicted molar refractivity (Wildman–Crippen MR) is 79.0 cm³/mol. The molecule has 1 aliphatic rings. The van der Waals surface area contributed by atoms with Crippen molar-refractivity contribution in [3.05, 3.63) is 23.9 Å². The fraction of sp³-hybridized carbons (Fsp3) is 0.600. The molecular weight excluding hydrogens is 270 g/mol. The van der Waals surface area contributed by atoms with E-state index < -0.39 is 5.60 Å². The van der Waals surface area contributed by atoms with Crippen molar-refractivity contribution in [1.82, 2.24) is 14.8 Å². The maximum atomic E-state index is 12.0. The predicted octanol–water partition coefficient (Wildman–Crippen LogP) is 2.10. The normalized spacial score (nSPS) is 16.1. The molecule has 1 fully saturated rings. The topological polar surface area (TPSA) is 54.9 Å². The molecule has 1 aromatic rings. The van der Waals surface area contributed by atoms with E-state index >= 15 is 0 Å². The van der Waals surface area contributed by atoms with Crippen LogP contribution in [0.2, 0.25) is 0 Å². The van der Waals surface area contributed by atoms with Crippen LogP contribution in [0.5, 0.6) is 5.88 Å². The molecule has 1 saturated heterocycles. The third-order valence-electron chi connectivity index (χ3n) is 3.12. The van der Waals surface area contributed by atoms with Gasteiger partial charge < -0.3 is 9.47 Å². The average Bonchev–Trinajstić information content (AvgIpc) is 2.85. The van der Waals surface area contributed by atoms with Crippen molar-refractivity contribution >= 4 is 6.09 Å². The first-order valence-electron chi connectivity index (χ1n) is 7.06. The van der Waals surface area contributed by atoms with E-state index in [-0.39, 0.29) is 6.09 Å². The van der Waals surface area contributed by atoms with Gasteiger partial charge >= 0.3 is 6.09 Å². The quantitative estimate of drug-likeness (QED) is 0.854. The van der Waals surface area contributed by atoms with Crippen molar-refractivity contribution in [3.63, 3.8) is 0 Å². The van der Waals surface area contributed by atoms with Crippen molar-refractivity contribution in [2.24, 2.45) is 0 Å². The van der Waals surface area contributed by atoms with Crippen LogP contribution in [0.25, 0.3) is 0 Å². The minimum Gasteiger partial charge on any atom is -0.481 e. The van der Waals surface area contributed by atoms with Crippen LogP contribution in [0.15, 0.2) is 18.3 Å². The van der Waals surface area contributed by atoms with Crippen LogP contribution >= 0.6 is 0 Å². The molecule has 116 valence electrons. The third kappa shape index (κ3) is 4.60. The van der Waals surface area contributed by atoms with Gasteiger partial charge in [0.05, 0.1) is 13.8 Å². The molecule has 0 radical (unpaired) electrons. The van der Waals surface area contributed by atoms with Crippen molar-refractivity contribution in [1.29, 1.82) is 0 Å². The van der Waals surface area contributed by atoms with Gasteiger partial charge in [-0.3, -0.25) is 9.80 Å². The Bertz CT molecular complexity index is 499. The van der Waals surface area contributed by atoms with Crippen molar-refractivity contribution in [2.75, 3.05) is 26.9 Å². The van der Waals surface area contributed by atoms with Crippen LogP contribution in [-0.4, -0.2) is 53.3 Å². The molecule has 0 bridgehead atoms. The van der Waals surface area contributed by atoms with Gasteiger partial charge in [0.25, 0.3) is 0 Å².